The van der Waals surface area contributed by atoms with Gasteiger partial charge in [-0.2, -0.15) is 0 Å². The Labute approximate surface area is 166 Å². The maximum atomic E-state index is 10.3. The minimum absolute atomic E-state index is 0.166. The molecule has 1 atom stereocenters. The summed E-state index contributed by atoms with van der Waals surface area (Å²) in [6.45, 7) is 8.51. The lowest BCUT2D eigenvalue weighted by Gasteiger charge is -2.43. The van der Waals surface area contributed by atoms with E-state index in [2.05, 4.69) is 63.9 Å². The van der Waals surface area contributed by atoms with E-state index >= 15 is 0 Å². The summed E-state index contributed by atoms with van der Waals surface area (Å²) in [5.74, 6) is 0.947. The van der Waals surface area contributed by atoms with E-state index in [1.165, 1.54) is 11.1 Å². The summed E-state index contributed by atoms with van der Waals surface area (Å²) in [5.41, 5.74) is 3.41. The second-order valence-electron chi connectivity index (χ2n) is 8.40. The zero-order valence-corrected chi connectivity index (χ0v) is 16.8. The molecule has 2 aliphatic rings. The van der Waals surface area contributed by atoms with E-state index < -0.39 is 0 Å². The number of nitrogens with zero attached hydrogens (tertiary/aromatic N) is 4. The van der Waals surface area contributed by atoms with Crippen LogP contribution in [-0.4, -0.2) is 45.7 Å². The maximum Gasteiger partial charge on any atom is 0.224 e. The number of anilines is 1. The average Bonchev–Trinajstić information content (AvgIpc) is 2.64. The molecule has 4 rings (SSSR count). The first kappa shape index (κ1) is 18.7. The molecule has 144 valence electrons. The summed E-state index contributed by atoms with van der Waals surface area (Å²) in [6, 6.07) is 10.6. The van der Waals surface area contributed by atoms with Crippen molar-refractivity contribution in [3.8, 4) is 0 Å². The van der Waals surface area contributed by atoms with Crippen LogP contribution in [0.4, 0.5) is 5.82 Å². The smallest absolute Gasteiger partial charge is 0.224 e. The summed E-state index contributed by atoms with van der Waals surface area (Å²) in [4.78, 5) is 13.9. The van der Waals surface area contributed by atoms with E-state index in [-0.39, 0.29) is 11.5 Å². The summed E-state index contributed by atoms with van der Waals surface area (Å²) in [6.07, 6.45) is 1.35. The van der Waals surface area contributed by atoms with Crippen molar-refractivity contribution in [2.75, 3.05) is 24.5 Å². The lowest BCUT2D eigenvalue weighted by molar-refractivity contribution is 0.0333. The third kappa shape index (κ3) is 3.96. The summed E-state index contributed by atoms with van der Waals surface area (Å²) in [5, 5.41) is 10.6. The largest absolute Gasteiger partial charge is 0.392 e. The lowest BCUT2D eigenvalue weighted by atomic mass is 9.81. The summed E-state index contributed by atoms with van der Waals surface area (Å²) < 4.78 is 0. The molecule has 0 aliphatic carbocycles. The molecule has 3 heterocycles. The first-order valence-corrected chi connectivity index (χ1v) is 10.0. The molecule has 27 heavy (non-hydrogen) atoms. The Morgan fingerprint density at radius 2 is 1.96 bits per heavy atom. The van der Waals surface area contributed by atoms with Gasteiger partial charge in [0, 0.05) is 50.1 Å². The molecular formula is C21H27ClN4O. The van der Waals surface area contributed by atoms with Crippen LogP contribution in [0.3, 0.4) is 0 Å². The van der Waals surface area contributed by atoms with Gasteiger partial charge in [-0.05, 0) is 23.6 Å². The molecule has 0 saturated carbocycles. The molecule has 0 spiro atoms. The standard InChI is InChI=1S/C21H27ClN4O/c1-21(2)14-26(11-9-18(21)27)19-16-13-25(12-15-6-4-3-5-7-15)10-8-17(16)23-20(22)24-19/h3-7,18,27H,8-14H2,1-2H3/t18-/m1/s1. The zero-order valence-electron chi connectivity index (χ0n) is 16.0. The van der Waals surface area contributed by atoms with Gasteiger partial charge in [0.2, 0.25) is 5.28 Å². The third-order valence-electron chi connectivity index (χ3n) is 5.81. The van der Waals surface area contributed by atoms with Crippen molar-refractivity contribution in [3.05, 3.63) is 52.4 Å². The summed E-state index contributed by atoms with van der Waals surface area (Å²) in [7, 11) is 0. The Bertz CT molecular complexity index is 811. The van der Waals surface area contributed by atoms with Crippen LogP contribution in [0.15, 0.2) is 30.3 Å². The van der Waals surface area contributed by atoms with Crippen LogP contribution in [0.5, 0.6) is 0 Å². The van der Waals surface area contributed by atoms with Crippen LogP contribution in [0.2, 0.25) is 5.28 Å². The molecule has 0 radical (unpaired) electrons. The van der Waals surface area contributed by atoms with Crippen molar-refractivity contribution in [1.29, 1.82) is 0 Å². The number of aliphatic hydroxyl groups is 1. The maximum absolute atomic E-state index is 10.3. The molecule has 1 N–H and O–H groups in total. The van der Waals surface area contributed by atoms with Gasteiger partial charge in [0.25, 0.3) is 0 Å². The van der Waals surface area contributed by atoms with Crippen LogP contribution < -0.4 is 4.90 Å². The molecule has 5 nitrogen and oxygen atoms in total. The Hall–Kier alpha value is -1.69. The highest BCUT2D eigenvalue weighted by Crippen LogP contribution is 2.35. The van der Waals surface area contributed by atoms with E-state index in [4.69, 9.17) is 11.6 Å². The van der Waals surface area contributed by atoms with E-state index in [0.29, 0.717) is 5.28 Å². The Morgan fingerprint density at radius 3 is 2.70 bits per heavy atom. The Kier molecular flexibility index (Phi) is 5.10. The first-order chi connectivity index (χ1) is 12.9. The predicted octanol–water partition coefficient (Wildman–Crippen LogP) is 3.29. The second kappa shape index (κ2) is 7.38. The number of fused-ring (bicyclic) bond motifs is 1. The molecule has 1 aromatic carbocycles. The Balaban J connectivity index is 1.60. The minimum atomic E-state index is -0.281. The molecule has 1 aromatic heterocycles. The van der Waals surface area contributed by atoms with Gasteiger partial charge in [-0.25, -0.2) is 9.97 Å². The van der Waals surface area contributed by atoms with Crippen molar-refractivity contribution < 1.29 is 5.11 Å². The second-order valence-corrected chi connectivity index (χ2v) is 8.74. The van der Waals surface area contributed by atoms with Crippen LogP contribution >= 0.6 is 11.6 Å². The zero-order chi connectivity index (χ0) is 19.0. The van der Waals surface area contributed by atoms with Crippen molar-refractivity contribution >= 4 is 17.4 Å². The van der Waals surface area contributed by atoms with Gasteiger partial charge < -0.3 is 10.0 Å². The SMILES string of the molecule is CC1(C)CN(c2nc(Cl)nc3c2CN(Cc2ccccc2)CC3)CC[C@H]1O. The van der Waals surface area contributed by atoms with Crippen molar-refractivity contribution in [2.45, 2.75) is 45.9 Å². The predicted molar refractivity (Wildman–Crippen MR) is 108 cm³/mol. The minimum Gasteiger partial charge on any atom is -0.392 e. The number of hydrogen-bond donors (Lipinski definition) is 1. The molecule has 0 unspecified atom stereocenters. The van der Waals surface area contributed by atoms with Gasteiger partial charge in [-0.15, -0.1) is 0 Å². The average molecular weight is 387 g/mol. The molecular weight excluding hydrogens is 360 g/mol. The fourth-order valence-electron chi connectivity index (χ4n) is 4.19. The number of rotatable bonds is 3. The van der Waals surface area contributed by atoms with Crippen molar-refractivity contribution in [3.63, 3.8) is 0 Å². The highest BCUT2D eigenvalue weighted by atomic mass is 35.5. The molecule has 1 saturated heterocycles. The number of benzene rings is 1. The number of aliphatic hydroxyl groups excluding tert-OH is 1. The van der Waals surface area contributed by atoms with E-state index in [1.807, 2.05) is 0 Å². The number of hydrogen-bond acceptors (Lipinski definition) is 5. The molecule has 1 fully saturated rings. The van der Waals surface area contributed by atoms with Gasteiger partial charge in [0.05, 0.1) is 11.8 Å². The van der Waals surface area contributed by atoms with E-state index in [9.17, 15) is 5.11 Å². The van der Waals surface area contributed by atoms with Gasteiger partial charge >= 0.3 is 0 Å². The number of halogens is 1. The number of piperidine rings is 1. The lowest BCUT2D eigenvalue weighted by Crippen LogP contribution is -2.49. The molecule has 2 aromatic rings. The Morgan fingerprint density at radius 1 is 1.19 bits per heavy atom. The van der Waals surface area contributed by atoms with Gasteiger partial charge in [-0.1, -0.05) is 44.2 Å². The molecule has 2 aliphatic heterocycles. The monoisotopic (exact) mass is 386 g/mol. The van der Waals surface area contributed by atoms with Crippen LogP contribution in [0.25, 0.3) is 0 Å². The summed E-state index contributed by atoms with van der Waals surface area (Å²) >= 11 is 6.26. The van der Waals surface area contributed by atoms with Gasteiger partial charge in [-0.3, -0.25) is 4.90 Å². The highest BCUT2D eigenvalue weighted by molar-refractivity contribution is 6.28. The van der Waals surface area contributed by atoms with Crippen molar-refractivity contribution in [2.24, 2.45) is 5.41 Å². The molecule has 0 amide bonds. The van der Waals surface area contributed by atoms with Crippen LogP contribution in [0.1, 0.15) is 37.1 Å². The van der Waals surface area contributed by atoms with E-state index in [0.717, 1.165) is 57.1 Å². The normalized spacial score (nSPS) is 22.5. The van der Waals surface area contributed by atoms with E-state index in [1.54, 1.807) is 0 Å². The highest BCUT2D eigenvalue weighted by Gasteiger charge is 2.36. The van der Waals surface area contributed by atoms with Gasteiger partial charge in [0.1, 0.15) is 5.82 Å². The molecule has 6 heteroatoms. The first-order valence-electron chi connectivity index (χ1n) is 9.67. The topological polar surface area (TPSA) is 52.5 Å². The molecule has 0 bridgehead atoms. The fraction of sp³-hybridized carbons (Fsp3) is 0.524. The van der Waals surface area contributed by atoms with Crippen LogP contribution in [-0.2, 0) is 19.5 Å². The fourth-order valence-corrected chi connectivity index (χ4v) is 4.37. The van der Waals surface area contributed by atoms with Crippen molar-refractivity contribution in [1.82, 2.24) is 14.9 Å². The van der Waals surface area contributed by atoms with Crippen LogP contribution in [0, 0.1) is 5.41 Å². The van der Waals surface area contributed by atoms with Gasteiger partial charge in [0.15, 0.2) is 0 Å². The third-order valence-corrected chi connectivity index (χ3v) is 5.98. The number of aromatic nitrogens is 2. The quantitative estimate of drug-likeness (QED) is 0.820.